The van der Waals surface area contributed by atoms with Crippen LogP contribution in [0.25, 0.3) is 0 Å². The number of benzene rings is 1. The Kier molecular flexibility index (Phi) is 7.33. The summed E-state index contributed by atoms with van der Waals surface area (Å²) in [6.45, 7) is 4.61. The van der Waals surface area contributed by atoms with Gasteiger partial charge >= 0.3 is 6.03 Å². The molecule has 2 aliphatic heterocycles. The molecule has 0 aliphatic carbocycles. The van der Waals surface area contributed by atoms with Crippen molar-refractivity contribution in [3.05, 3.63) is 40.5 Å². The Labute approximate surface area is 174 Å². The average molecular weight is 427 g/mol. The highest BCUT2D eigenvalue weighted by molar-refractivity contribution is 8.13. The van der Waals surface area contributed by atoms with Crippen LogP contribution in [-0.4, -0.2) is 52.4 Å². The standard InChI is InChI=1S/C19H24Cl2N4OS/c1-14-5-2-3-9-24(14)10-4-12-27-19-22-8-11-25(19)18(26)23-15-6-7-16(20)17(21)13-15/h4,6-7,10,13-14H,2-3,5,8-9,11-12H2,1H3,(H,23,26)/b10-4+. The van der Waals surface area contributed by atoms with E-state index in [2.05, 4.69) is 34.4 Å². The van der Waals surface area contributed by atoms with Gasteiger partial charge < -0.3 is 10.2 Å². The summed E-state index contributed by atoms with van der Waals surface area (Å²) in [6, 6.07) is 5.45. The second kappa shape index (κ2) is 9.71. The maximum atomic E-state index is 12.6. The summed E-state index contributed by atoms with van der Waals surface area (Å²) in [5.74, 6) is 0.790. The number of urea groups is 1. The van der Waals surface area contributed by atoms with E-state index in [1.54, 1.807) is 34.9 Å². The van der Waals surface area contributed by atoms with E-state index in [1.165, 1.54) is 19.3 Å². The van der Waals surface area contributed by atoms with Crippen molar-refractivity contribution in [1.29, 1.82) is 0 Å². The number of likely N-dealkylation sites (tertiary alicyclic amines) is 1. The molecule has 0 saturated carbocycles. The van der Waals surface area contributed by atoms with E-state index in [-0.39, 0.29) is 6.03 Å². The Morgan fingerprint density at radius 2 is 2.19 bits per heavy atom. The number of amides is 2. The van der Waals surface area contributed by atoms with Crippen molar-refractivity contribution in [2.75, 3.05) is 30.7 Å². The van der Waals surface area contributed by atoms with E-state index >= 15 is 0 Å². The van der Waals surface area contributed by atoms with E-state index in [4.69, 9.17) is 23.2 Å². The lowest BCUT2D eigenvalue weighted by Gasteiger charge is -2.32. The Morgan fingerprint density at radius 3 is 2.96 bits per heavy atom. The SMILES string of the molecule is CC1CCCCN1/C=C/CSC1=NCCN1C(=O)Nc1ccc(Cl)c(Cl)c1. The third-order valence-electron chi connectivity index (χ3n) is 4.68. The Bertz CT molecular complexity index is 740. The van der Waals surface area contributed by atoms with Crippen molar-refractivity contribution < 1.29 is 4.79 Å². The molecule has 27 heavy (non-hydrogen) atoms. The Hall–Kier alpha value is -1.37. The molecule has 1 N–H and O–H groups in total. The van der Waals surface area contributed by atoms with E-state index in [1.807, 2.05) is 0 Å². The van der Waals surface area contributed by atoms with E-state index in [9.17, 15) is 4.79 Å². The van der Waals surface area contributed by atoms with Gasteiger partial charge in [0.25, 0.3) is 0 Å². The van der Waals surface area contributed by atoms with E-state index in [0.29, 0.717) is 34.9 Å². The maximum absolute atomic E-state index is 12.6. The first kappa shape index (κ1) is 20.4. The highest BCUT2D eigenvalue weighted by Gasteiger charge is 2.24. The summed E-state index contributed by atoms with van der Waals surface area (Å²) in [5.41, 5.74) is 0.615. The number of hydrogen-bond donors (Lipinski definition) is 1. The van der Waals surface area contributed by atoms with Crippen LogP contribution in [0.2, 0.25) is 10.0 Å². The number of anilines is 1. The van der Waals surface area contributed by atoms with Gasteiger partial charge in [0.2, 0.25) is 0 Å². The van der Waals surface area contributed by atoms with Gasteiger partial charge in [-0.1, -0.05) is 41.0 Å². The normalized spacial score (nSPS) is 20.3. The van der Waals surface area contributed by atoms with Crippen molar-refractivity contribution >= 4 is 51.8 Å². The molecule has 1 fully saturated rings. The molecule has 1 aromatic carbocycles. The molecule has 2 heterocycles. The molecule has 0 aromatic heterocycles. The fourth-order valence-corrected chi connectivity index (χ4v) is 4.29. The van der Waals surface area contributed by atoms with Crippen LogP contribution in [0, 0.1) is 0 Å². The zero-order valence-electron chi connectivity index (χ0n) is 15.3. The van der Waals surface area contributed by atoms with E-state index < -0.39 is 0 Å². The number of piperidine rings is 1. The van der Waals surface area contributed by atoms with E-state index in [0.717, 1.165) is 17.5 Å². The predicted molar refractivity (Wildman–Crippen MR) is 116 cm³/mol. The van der Waals surface area contributed by atoms with Gasteiger partial charge in [-0.2, -0.15) is 0 Å². The van der Waals surface area contributed by atoms with Gasteiger partial charge in [0.1, 0.15) is 0 Å². The second-order valence-corrected chi connectivity index (χ2v) is 8.45. The van der Waals surface area contributed by atoms with Crippen LogP contribution in [0.5, 0.6) is 0 Å². The van der Waals surface area contributed by atoms with Crippen molar-refractivity contribution in [1.82, 2.24) is 9.80 Å². The van der Waals surface area contributed by atoms with Gasteiger partial charge in [0.15, 0.2) is 5.17 Å². The Morgan fingerprint density at radius 1 is 1.33 bits per heavy atom. The fourth-order valence-electron chi connectivity index (χ4n) is 3.15. The highest BCUT2D eigenvalue weighted by Crippen LogP contribution is 2.25. The molecular weight excluding hydrogens is 403 g/mol. The molecular formula is C19H24Cl2N4OS. The van der Waals surface area contributed by atoms with Crippen LogP contribution < -0.4 is 5.32 Å². The zero-order chi connectivity index (χ0) is 19.2. The number of thioether (sulfide) groups is 1. The molecule has 1 atom stereocenters. The van der Waals surface area contributed by atoms with Crippen molar-refractivity contribution in [2.45, 2.75) is 32.2 Å². The number of halogens is 2. The van der Waals surface area contributed by atoms with Gasteiger partial charge in [-0.15, -0.1) is 0 Å². The summed E-state index contributed by atoms with van der Waals surface area (Å²) < 4.78 is 0. The van der Waals surface area contributed by atoms with Gasteiger partial charge in [-0.25, -0.2) is 4.79 Å². The first-order valence-electron chi connectivity index (χ1n) is 9.18. The number of nitrogens with zero attached hydrogens (tertiary/aromatic N) is 3. The third-order valence-corrected chi connectivity index (χ3v) is 6.38. The monoisotopic (exact) mass is 426 g/mol. The number of carbonyl (C=O) groups excluding carboxylic acids is 1. The summed E-state index contributed by atoms with van der Waals surface area (Å²) in [4.78, 5) is 21.1. The maximum Gasteiger partial charge on any atom is 0.327 e. The van der Waals surface area contributed by atoms with Crippen molar-refractivity contribution in [3.8, 4) is 0 Å². The summed E-state index contributed by atoms with van der Waals surface area (Å²) >= 11 is 13.5. The van der Waals surface area contributed by atoms with Crippen LogP contribution in [0.15, 0.2) is 35.5 Å². The molecule has 146 valence electrons. The Balaban J connectivity index is 1.50. The lowest BCUT2D eigenvalue weighted by molar-refractivity contribution is 0.229. The lowest BCUT2D eigenvalue weighted by Crippen LogP contribution is -2.36. The van der Waals surface area contributed by atoms with Crippen molar-refractivity contribution in [3.63, 3.8) is 0 Å². The van der Waals surface area contributed by atoms with Crippen LogP contribution in [-0.2, 0) is 0 Å². The zero-order valence-corrected chi connectivity index (χ0v) is 17.7. The van der Waals surface area contributed by atoms with Gasteiger partial charge in [0.05, 0.1) is 16.6 Å². The predicted octanol–water partition coefficient (Wildman–Crippen LogP) is 5.32. The molecule has 8 heteroatoms. The quantitative estimate of drug-likeness (QED) is 0.708. The third kappa shape index (κ3) is 5.56. The minimum Gasteiger partial charge on any atom is -0.375 e. The number of rotatable bonds is 4. The molecule has 2 aliphatic rings. The number of aliphatic imine (C=N–C) groups is 1. The topological polar surface area (TPSA) is 47.9 Å². The van der Waals surface area contributed by atoms with Crippen LogP contribution in [0.3, 0.4) is 0 Å². The minimum absolute atomic E-state index is 0.203. The number of hydrogen-bond acceptors (Lipinski definition) is 4. The molecule has 2 amide bonds. The number of nitrogens with one attached hydrogen (secondary N) is 1. The summed E-state index contributed by atoms with van der Waals surface area (Å²) in [7, 11) is 0. The molecule has 5 nitrogen and oxygen atoms in total. The molecule has 0 spiro atoms. The summed E-state index contributed by atoms with van der Waals surface area (Å²) in [5, 5.41) is 4.48. The largest absolute Gasteiger partial charge is 0.375 e. The number of amidine groups is 1. The fraction of sp³-hybridized carbons (Fsp3) is 0.474. The molecule has 1 saturated heterocycles. The number of carbonyl (C=O) groups is 1. The molecule has 0 radical (unpaired) electrons. The van der Waals surface area contributed by atoms with Gasteiger partial charge in [-0.05, 0) is 50.6 Å². The summed E-state index contributed by atoms with van der Waals surface area (Å²) in [6.07, 6.45) is 8.18. The molecule has 1 unspecified atom stereocenters. The first-order chi connectivity index (χ1) is 13.0. The molecule has 3 rings (SSSR count). The molecule has 1 aromatic rings. The van der Waals surface area contributed by atoms with Gasteiger partial charge in [-0.3, -0.25) is 9.89 Å². The second-order valence-electron chi connectivity index (χ2n) is 6.65. The van der Waals surface area contributed by atoms with Crippen molar-refractivity contribution in [2.24, 2.45) is 4.99 Å². The lowest BCUT2D eigenvalue weighted by atomic mass is 10.0. The van der Waals surface area contributed by atoms with Gasteiger partial charge in [0, 0.05) is 30.6 Å². The van der Waals surface area contributed by atoms with Crippen LogP contribution in [0.4, 0.5) is 10.5 Å². The smallest absolute Gasteiger partial charge is 0.327 e. The molecule has 0 bridgehead atoms. The highest BCUT2D eigenvalue weighted by atomic mass is 35.5. The minimum atomic E-state index is -0.203. The average Bonchev–Trinajstić information content (AvgIpc) is 3.12. The first-order valence-corrected chi connectivity index (χ1v) is 10.9. The van der Waals surface area contributed by atoms with Crippen LogP contribution in [0.1, 0.15) is 26.2 Å². The van der Waals surface area contributed by atoms with Crippen LogP contribution >= 0.6 is 35.0 Å².